The fourth-order valence-corrected chi connectivity index (χ4v) is 4.82. The van der Waals surface area contributed by atoms with Gasteiger partial charge in [0.15, 0.2) is 5.79 Å². The monoisotopic (exact) mass is 325 g/mol. The third-order valence-corrected chi connectivity index (χ3v) is 5.86. The van der Waals surface area contributed by atoms with Crippen molar-refractivity contribution in [3.05, 3.63) is 36.5 Å². The van der Waals surface area contributed by atoms with Gasteiger partial charge in [-0.3, -0.25) is 4.98 Å². The predicted octanol–water partition coefficient (Wildman–Crippen LogP) is 4.08. The molecule has 0 unspecified atom stereocenters. The van der Waals surface area contributed by atoms with Crippen molar-refractivity contribution in [1.29, 1.82) is 0 Å². The Morgan fingerprint density at radius 2 is 2.04 bits per heavy atom. The predicted molar refractivity (Wildman–Crippen MR) is 90.9 cm³/mol. The fourth-order valence-electron chi connectivity index (χ4n) is 4.82. The molecule has 0 N–H and O–H groups in total. The van der Waals surface area contributed by atoms with E-state index in [1.807, 2.05) is 38.2 Å². The molecule has 2 aromatic rings. The molecule has 2 heterocycles. The van der Waals surface area contributed by atoms with Crippen LogP contribution in [0, 0.1) is 5.41 Å². The number of fused-ring (bicyclic) bond motifs is 3. The summed E-state index contributed by atoms with van der Waals surface area (Å²) in [6, 6.07) is 10.2. The lowest BCUT2D eigenvalue weighted by molar-refractivity contribution is -0.182. The smallest absolute Gasteiger partial charge is 0.163 e. The van der Waals surface area contributed by atoms with Gasteiger partial charge in [0.1, 0.15) is 5.75 Å². The van der Waals surface area contributed by atoms with Crippen LogP contribution >= 0.6 is 0 Å². The minimum atomic E-state index is -0.432. The average Bonchev–Trinajstić information content (AvgIpc) is 3.01. The molecule has 2 saturated carbocycles. The Balaban J connectivity index is 1.28. The maximum Gasteiger partial charge on any atom is 0.163 e. The van der Waals surface area contributed by atoms with Crippen LogP contribution in [0.4, 0.5) is 0 Å². The number of hydrogen-bond donors (Lipinski definition) is 0. The molecule has 1 aliphatic heterocycles. The summed E-state index contributed by atoms with van der Waals surface area (Å²) in [6.45, 7) is 4.04. The van der Waals surface area contributed by atoms with E-state index in [2.05, 4.69) is 17.1 Å². The normalized spacial score (nSPS) is 36.7. The van der Waals surface area contributed by atoms with Crippen LogP contribution in [-0.2, 0) is 9.47 Å². The van der Waals surface area contributed by atoms with Crippen LogP contribution in [0.5, 0.6) is 5.75 Å². The second-order valence-corrected chi connectivity index (χ2v) is 8.00. The molecular formula is C20H23NO3. The van der Waals surface area contributed by atoms with Gasteiger partial charge in [0.25, 0.3) is 0 Å². The SMILES string of the molecule is CC1(C)O[C@H]2CC[C@]3(C[C@@H](Oc4ccc5cccnc5c4)C3)[C@H]2O1. The van der Waals surface area contributed by atoms with Crippen molar-refractivity contribution in [2.24, 2.45) is 5.41 Å². The van der Waals surface area contributed by atoms with E-state index in [0.717, 1.165) is 35.9 Å². The quantitative estimate of drug-likeness (QED) is 0.834. The third kappa shape index (κ3) is 2.24. The summed E-state index contributed by atoms with van der Waals surface area (Å²) < 4.78 is 18.4. The fraction of sp³-hybridized carbons (Fsp3) is 0.550. The second kappa shape index (κ2) is 4.93. The zero-order valence-corrected chi connectivity index (χ0v) is 14.2. The molecule has 1 spiro atoms. The van der Waals surface area contributed by atoms with Crippen molar-refractivity contribution >= 4 is 10.9 Å². The molecule has 24 heavy (non-hydrogen) atoms. The average molecular weight is 325 g/mol. The maximum atomic E-state index is 6.21. The number of aromatic nitrogens is 1. The van der Waals surface area contributed by atoms with Crippen molar-refractivity contribution in [2.45, 2.75) is 63.6 Å². The number of ether oxygens (including phenoxy) is 3. The summed E-state index contributed by atoms with van der Waals surface area (Å²) >= 11 is 0. The maximum absolute atomic E-state index is 6.21. The summed E-state index contributed by atoms with van der Waals surface area (Å²) in [4.78, 5) is 4.41. The highest BCUT2D eigenvalue weighted by molar-refractivity contribution is 5.79. The van der Waals surface area contributed by atoms with Crippen LogP contribution in [0.15, 0.2) is 36.5 Å². The van der Waals surface area contributed by atoms with Crippen molar-refractivity contribution in [1.82, 2.24) is 4.98 Å². The van der Waals surface area contributed by atoms with Crippen molar-refractivity contribution < 1.29 is 14.2 Å². The molecule has 4 heteroatoms. The van der Waals surface area contributed by atoms with Crippen LogP contribution < -0.4 is 4.74 Å². The largest absolute Gasteiger partial charge is 0.490 e. The van der Waals surface area contributed by atoms with E-state index >= 15 is 0 Å². The van der Waals surface area contributed by atoms with Crippen molar-refractivity contribution in [3.63, 3.8) is 0 Å². The molecule has 126 valence electrons. The molecule has 1 aromatic carbocycles. The first-order chi connectivity index (χ1) is 11.5. The van der Waals surface area contributed by atoms with Crippen LogP contribution in [0.3, 0.4) is 0 Å². The van der Waals surface area contributed by atoms with E-state index in [4.69, 9.17) is 14.2 Å². The van der Waals surface area contributed by atoms with Crippen LogP contribution in [0.25, 0.3) is 10.9 Å². The van der Waals surface area contributed by atoms with E-state index < -0.39 is 5.79 Å². The summed E-state index contributed by atoms with van der Waals surface area (Å²) in [5.74, 6) is 0.484. The molecule has 3 fully saturated rings. The Morgan fingerprint density at radius 3 is 2.92 bits per heavy atom. The molecule has 0 radical (unpaired) electrons. The van der Waals surface area contributed by atoms with E-state index in [9.17, 15) is 0 Å². The Morgan fingerprint density at radius 1 is 1.17 bits per heavy atom. The van der Waals surface area contributed by atoms with Crippen LogP contribution in [0.2, 0.25) is 0 Å². The first-order valence-corrected chi connectivity index (χ1v) is 8.90. The molecule has 2 aliphatic carbocycles. The summed E-state index contributed by atoms with van der Waals surface area (Å²) in [6.07, 6.45) is 7.04. The van der Waals surface area contributed by atoms with Gasteiger partial charge in [-0.05, 0) is 57.7 Å². The molecule has 2 atom stereocenters. The lowest BCUT2D eigenvalue weighted by atomic mass is 9.64. The standard InChI is InChI=1S/C20H23NO3/c1-19(2)23-17-7-8-20(18(17)24-19)11-15(12-20)22-14-6-5-13-4-3-9-21-16(13)10-14/h3-6,9-10,15,17-18H,7-8,11-12H2,1-2H3/t15-,17-,18-,20-/m0/s1. The molecule has 3 aliphatic rings. The molecule has 0 amide bonds. The van der Waals surface area contributed by atoms with E-state index in [1.54, 1.807) is 0 Å². The van der Waals surface area contributed by atoms with Gasteiger partial charge in [-0.1, -0.05) is 6.07 Å². The van der Waals surface area contributed by atoms with Crippen LogP contribution in [0.1, 0.15) is 39.5 Å². The highest BCUT2D eigenvalue weighted by atomic mass is 16.8. The van der Waals surface area contributed by atoms with Gasteiger partial charge in [-0.25, -0.2) is 0 Å². The number of nitrogens with zero attached hydrogens (tertiary/aromatic N) is 1. The first-order valence-electron chi connectivity index (χ1n) is 8.90. The van der Waals surface area contributed by atoms with Gasteiger partial charge in [0.05, 0.1) is 23.8 Å². The summed E-state index contributed by atoms with van der Waals surface area (Å²) in [5, 5.41) is 1.15. The number of benzene rings is 1. The van der Waals surface area contributed by atoms with Gasteiger partial charge in [-0.2, -0.15) is 0 Å². The van der Waals surface area contributed by atoms with Crippen molar-refractivity contribution in [2.75, 3.05) is 0 Å². The molecular weight excluding hydrogens is 302 g/mol. The van der Waals surface area contributed by atoms with Gasteiger partial charge < -0.3 is 14.2 Å². The zero-order chi connectivity index (χ0) is 16.4. The second-order valence-electron chi connectivity index (χ2n) is 8.00. The lowest BCUT2D eigenvalue weighted by Gasteiger charge is -2.48. The number of hydrogen-bond acceptors (Lipinski definition) is 4. The molecule has 1 aromatic heterocycles. The van der Waals surface area contributed by atoms with Crippen molar-refractivity contribution in [3.8, 4) is 5.75 Å². The highest BCUT2D eigenvalue weighted by Crippen LogP contribution is 2.59. The van der Waals surface area contributed by atoms with E-state index in [1.165, 1.54) is 6.42 Å². The van der Waals surface area contributed by atoms with E-state index in [0.29, 0.717) is 0 Å². The number of pyridine rings is 1. The van der Waals surface area contributed by atoms with Gasteiger partial charge in [0.2, 0.25) is 0 Å². The summed E-state index contributed by atoms with van der Waals surface area (Å²) in [7, 11) is 0. The minimum Gasteiger partial charge on any atom is -0.490 e. The van der Waals surface area contributed by atoms with Crippen LogP contribution in [-0.4, -0.2) is 29.1 Å². The highest BCUT2D eigenvalue weighted by Gasteiger charge is 2.62. The molecule has 4 nitrogen and oxygen atoms in total. The first kappa shape index (κ1) is 14.7. The Hall–Kier alpha value is -1.65. The van der Waals surface area contributed by atoms with Gasteiger partial charge in [0, 0.05) is 23.1 Å². The minimum absolute atomic E-state index is 0.241. The Kier molecular flexibility index (Phi) is 3.01. The Bertz CT molecular complexity index is 781. The number of rotatable bonds is 2. The lowest BCUT2D eigenvalue weighted by Crippen LogP contribution is -2.50. The van der Waals surface area contributed by atoms with E-state index in [-0.39, 0.29) is 23.7 Å². The van der Waals surface area contributed by atoms with Gasteiger partial charge >= 0.3 is 0 Å². The molecule has 5 rings (SSSR count). The van der Waals surface area contributed by atoms with Gasteiger partial charge in [-0.15, -0.1) is 0 Å². The molecule has 1 saturated heterocycles. The Labute approximate surface area is 142 Å². The summed E-state index contributed by atoms with van der Waals surface area (Å²) in [5.41, 5.74) is 1.25. The zero-order valence-electron chi connectivity index (χ0n) is 14.2. The molecule has 0 bridgehead atoms. The topological polar surface area (TPSA) is 40.6 Å². The third-order valence-electron chi connectivity index (χ3n) is 5.86.